The number of nitrogens with two attached hydrogens (primary N) is 1. The summed E-state index contributed by atoms with van der Waals surface area (Å²) in [6.45, 7) is 18.7. The van der Waals surface area contributed by atoms with Gasteiger partial charge in [0.15, 0.2) is 17.7 Å². The molecule has 3 fully saturated rings. The number of amides is 2. The fraction of sp³-hybridized carbons (Fsp3) is 0.744. The van der Waals surface area contributed by atoms with Crippen LogP contribution >= 0.6 is 0 Å². The van der Waals surface area contributed by atoms with Crippen molar-refractivity contribution in [3.63, 3.8) is 0 Å². The normalized spacial score (nSPS) is 37.2. The molecule has 2 amide bonds. The van der Waals surface area contributed by atoms with Crippen LogP contribution in [0.5, 0.6) is 0 Å². The number of hydrogen-bond donors (Lipinski definition) is 2. The predicted molar refractivity (Wildman–Crippen MR) is 220 cm³/mol. The number of nitrogens with zero attached hydrogens (tertiary/aromatic N) is 6. The van der Waals surface area contributed by atoms with Crippen molar-refractivity contribution in [3.8, 4) is 11.4 Å². The molecule has 17 heteroatoms. The number of unbranched alkanes of at least 4 members (excludes halogenated alkanes) is 1. The number of fused-ring (bicyclic) bond motifs is 1. The maximum Gasteiger partial charge on any atom is 0.410 e. The third kappa shape index (κ3) is 9.70. The first-order valence-electron chi connectivity index (χ1n) is 21.4. The van der Waals surface area contributed by atoms with Crippen LogP contribution in [0.2, 0.25) is 0 Å². The van der Waals surface area contributed by atoms with Gasteiger partial charge in [-0.1, -0.05) is 39.0 Å². The standard InChI is InChI=1S/C43H67N7O10/c1-12-33-43(10)37(49(41(55)60-43)20-16-15-19-48-23-32(46-47-48)31-17-13-14-18-45-31)28(6)50(30(8)51)22-24(2)21-42(9,56-11)38(26(4)35(52)27(5)39(54)58-33)59-40-36(53)34(44)25(3)29(7)57-40/h13-14,17-18,23-29,33-34,36-38,40,53H,12,15-16,19-22,44H2,1-11H3/t24-,25+,26+,27-,28-,29?,33-,34?,36?,37-,38-,40+,42-,43-/m1/s1. The summed E-state index contributed by atoms with van der Waals surface area (Å²) >= 11 is 0. The summed E-state index contributed by atoms with van der Waals surface area (Å²) in [4.78, 5) is 63.8. The van der Waals surface area contributed by atoms with Gasteiger partial charge >= 0.3 is 12.1 Å². The summed E-state index contributed by atoms with van der Waals surface area (Å²) in [5.74, 6) is -4.09. The third-order valence-electron chi connectivity index (χ3n) is 13.3. The van der Waals surface area contributed by atoms with Gasteiger partial charge in [0.2, 0.25) is 5.91 Å². The first-order chi connectivity index (χ1) is 28.3. The van der Waals surface area contributed by atoms with E-state index in [0.717, 1.165) is 0 Å². The molecule has 3 unspecified atom stereocenters. The number of aromatic nitrogens is 4. The molecular weight excluding hydrogens is 775 g/mol. The average Bonchev–Trinajstić information content (AvgIpc) is 3.80. The number of aryl methyl sites for hydroxylation is 1. The van der Waals surface area contributed by atoms with Gasteiger partial charge in [-0.3, -0.25) is 28.9 Å². The Hall–Kier alpha value is -4.03. The summed E-state index contributed by atoms with van der Waals surface area (Å²) in [5, 5.41) is 19.7. The molecule has 0 radical (unpaired) electrons. The van der Waals surface area contributed by atoms with Gasteiger partial charge in [-0.15, -0.1) is 5.10 Å². The number of cyclic esters (lactones) is 1. The van der Waals surface area contributed by atoms with Crippen LogP contribution < -0.4 is 5.73 Å². The molecular formula is C43H67N7O10. The van der Waals surface area contributed by atoms with E-state index < -0.39 is 83.6 Å². The monoisotopic (exact) mass is 841 g/mol. The molecule has 0 aromatic carbocycles. The molecule has 5 heterocycles. The van der Waals surface area contributed by atoms with Gasteiger partial charge in [0.05, 0.1) is 41.8 Å². The highest BCUT2D eigenvalue weighted by atomic mass is 16.7. The first kappa shape index (κ1) is 47.0. The minimum absolute atomic E-state index is 0.163. The number of carbonyl (C=O) groups excluding carboxylic acids is 4. The van der Waals surface area contributed by atoms with Gasteiger partial charge in [-0.05, 0) is 84.3 Å². The second kappa shape index (κ2) is 19.3. The molecule has 0 bridgehead atoms. The smallest absolute Gasteiger partial charge is 0.410 e. The number of Topliss-reactive ketones (excluding diaryl/α,β-unsaturated/α-hetero) is 1. The van der Waals surface area contributed by atoms with E-state index in [1.807, 2.05) is 65.9 Å². The van der Waals surface area contributed by atoms with Crippen molar-refractivity contribution >= 4 is 23.8 Å². The molecule has 3 saturated heterocycles. The van der Waals surface area contributed by atoms with E-state index in [-0.39, 0.29) is 36.8 Å². The molecule has 0 aliphatic carbocycles. The summed E-state index contributed by atoms with van der Waals surface area (Å²) in [6.07, 6.45) is -0.0178. The van der Waals surface area contributed by atoms with Gasteiger partial charge in [0.25, 0.3) is 0 Å². The van der Waals surface area contributed by atoms with Crippen molar-refractivity contribution in [2.24, 2.45) is 29.4 Å². The quantitative estimate of drug-likeness (QED) is 0.197. The van der Waals surface area contributed by atoms with Crippen LogP contribution in [-0.4, -0.2) is 139 Å². The van der Waals surface area contributed by atoms with E-state index in [0.29, 0.717) is 43.7 Å². The van der Waals surface area contributed by atoms with Crippen molar-refractivity contribution in [1.29, 1.82) is 0 Å². The second-order valence-electron chi connectivity index (χ2n) is 17.7. The molecule has 334 valence electrons. The van der Waals surface area contributed by atoms with Crippen LogP contribution in [0.25, 0.3) is 11.4 Å². The van der Waals surface area contributed by atoms with Crippen LogP contribution in [0.3, 0.4) is 0 Å². The number of rotatable bonds is 10. The number of ether oxygens (including phenoxy) is 5. The second-order valence-corrected chi connectivity index (χ2v) is 17.7. The number of carbonyl (C=O) groups is 4. The summed E-state index contributed by atoms with van der Waals surface area (Å²) in [6, 6.07) is 3.59. The lowest BCUT2D eigenvalue weighted by atomic mass is 9.78. The zero-order valence-electron chi connectivity index (χ0n) is 37.1. The number of methoxy groups -OCH3 is 1. The Bertz CT molecular complexity index is 1800. The molecule has 14 atom stereocenters. The lowest BCUT2D eigenvalue weighted by Gasteiger charge is -2.47. The molecule has 0 saturated carbocycles. The van der Waals surface area contributed by atoms with Crippen molar-refractivity contribution in [1.82, 2.24) is 29.8 Å². The molecule has 0 spiro atoms. The Morgan fingerprint density at radius 2 is 1.75 bits per heavy atom. The van der Waals surface area contributed by atoms with Crippen molar-refractivity contribution < 1.29 is 48.0 Å². The van der Waals surface area contributed by atoms with Crippen LogP contribution in [0.1, 0.15) is 94.9 Å². The van der Waals surface area contributed by atoms with Crippen LogP contribution in [-0.2, 0) is 44.6 Å². The average molecular weight is 842 g/mol. The Kier molecular flexibility index (Phi) is 15.2. The zero-order chi connectivity index (χ0) is 44.3. The van der Waals surface area contributed by atoms with Gasteiger partial charge in [-0.25, -0.2) is 4.79 Å². The highest BCUT2D eigenvalue weighted by Crippen LogP contribution is 2.41. The largest absolute Gasteiger partial charge is 0.458 e. The van der Waals surface area contributed by atoms with E-state index in [2.05, 4.69) is 15.3 Å². The Labute approximate surface area is 353 Å². The Morgan fingerprint density at radius 1 is 1.05 bits per heavy atom. The number of aliphatic hydroxyl groups is 1. The maximum absolute atomic E-state index is 14.4. The summed E-state index contributed by atoms with van der Waals surface area (Å²) in [5.41, 5.74) is 5.18. The van der Waals surface area contributed by atoms with Crippen molar-refractivity contribution in [3.05, 3.63) is 30.6 Å². The number of pyridine rings is 1. The Morgan fingerprint density at radius 3 is 2.38 bits per heavy atom. The molecule has 2 aromatic rings. The van der Waals surface area contributed by atoms with Crippen LogP contribution in [0.15, 0.2) is 30.6 Å². The lowest BCUT2D eigenvalue weighted by molar-refractivity contribution is -0.297. The molecule has 3 aliphatic heterocycles. The van der Waals surface area contributed by atoms with Crippen LogP contribution in [0, 0.1) is 23.7 Å². The number of hydrogen-bond acceptors (Lipinski definition) is 14. The molecule has 17 nitrogen and oxygen atoms in total. The SMILES string of the molecule is CC[C@H]1OC(=O)[C@H](C)C(=O)[C@H](C)[C@@H](O[C@@H]2OC(C)[C@H](C)C(N)C2O)[C@](C)(OC)C[C@@H](C)CN(C(C)=O)[C@H](C)[C@H]2N(CCCCn3cc(-c4ccccn4)nn3)C(=O)O[C@]12C. The number of esters is 1. The highest BCUT2D eigenvalue weighted by Gasteiger charge is 2.60. The summed E-state index contributed by atoms with van der Waals surface area (Å²) in [7, 11) is 1.52. The van der Waals surface area contributed by atoms with Gasteiger partial charge in [0, 0.05) is 51.8 Å². The van der Waals surface area contributed by atoms with E-state index in [9.17, 15) is 24.3 Å². The molecule has 5 rings (SSSR count). The lowest BCUT2D eigenvalue weighted by Crippen LogP contribution is -2.62. The van der Waals surface area contributed by atoms with Gasteiger partial charge in [-0.2, -0.15) is 0 Å². The fourth-order valence-corrected chi connectivity index (χ4v) is 9.49. The third-order valence-corrected chi connectivity index (χ3v) is 13.3. The first-order valence-corrected chi connectivity index (χ1v) is 21.4. The minimum atomic E-state index is -1.40. The molecule has 2 aromatic heterocycles. The van der Waals surface area contributed by atoms with E-state index in [1.165, 1.54) is 21.0 Å². The van der Waals surface area contributed by atoms with Gasteiger partial charge in [0.1, 0.15) is 23.8 Å². The minimum Gasteiger partial charge on any atom is -0.458 e. The van der Waals surface area contributed by atoms with Crippen molar-refractivity contribution in [2.45, 2.75) is 161 Å². The molecule has 60 heavy (non-hydrogen) atoms. The number of aliphatic hydroxyl groups excluding tert-OH is 1. The van der Waals surface area contributed by atoms with Gasteiger partial charge < -0.3 is 39.4 Å². The number of ketones is 1. The fourth-order valence-electron chi connectivity index (χ4n) is 9.49. The van der Waals surface area contributed by atoms with E-state index in [4.69, 9.17) is 29.4 Å². The zero-order valence-corrected chi connectivity index (χ0v) is 37.1. The molecule has 3 aliphatic rings. The van der Waals surface area contributed by atoms with Crippen LogP contribution in [0.4, 0.5) is 4.79 Å². The van der Waals surface area contributed by atoms with E-state index >= 15 is 0 Å². The topological polar surface area (TPSA) is 211 Å². The maximum atomic E-state index is 14.4. The Balaban J connectivity index is 1.46. The van der Waals surface area contributed by atoms with Crippen molar-refractivity contribution in [2.75, 3.05) is 20.2 Å². The predicted octanol–water partition coefficient (Wildman–Crippen LogP) is 4.00. The molecule has 3 N–H and O–H groups in total. The van der Waals surface area contributed by atoms with E-state index in [1.54, 1.807) is 34.5 Å². The summed E-state index contributed by atoms with van der Waals surface area (Å²) < 4.78 is 33.1. The highest BCUT2D eigenvalue weighted by molar-refractivity contribution is 6.00.